The fourth-order valence-electron chi connectivity index (χ4n) is 4.19. The van der Waals surface area contributed by atoms with Gasteiger partial charge in [0.05, 0.1) is 30.2 Å². The lowest BCUT2D eigenvalue weighted by molar-refractivity contribution is -0.113. The number of nitrogens with zero attached hydrogens (tertiary/aromatic N) is 3. The minimum absolute atomic E-state index is 0.0733. The molecule has 0 aliphatic rings. The Bertz CT molecular complexity index is 1780. The van der Waals surface area contributed by atoms with E-state index in [4.69, 9.17) is 32.7 Å². The number of hydrogen-bond donors (Lipinski definition) is 1. The summed E-state index contributed by atoms with van der Waals surface area (Å²) in [5, 5.41) is 12.0. The van der Waals surface area contributed by atoms with Crippen molar-refractivity contribution >= 4 is 63.2 Å². The third-order valence-corrected chi connectivity index (χ3v) is 8.67. The van der Waals surface area contributed by atoms with E-state index < -0.39 is 17.7 Å². The number of amides is 1. The standard InChI is InChI=1S/C30H23Cl2FN4O4S2/c1-3-41-29(39)25-24(17-7-5-4-6-8-17)26(32)43-28(25)34-23(38)16-42-30-36-35-27(18-9-12-20(40-2)13-10-18)37(30)19-11-14-22(33)21(31)15-19/h4-15H,3,16H2,1-2H3,(H,34,38). The van der Waals surface area contributed by atoms with Gasteiger partial charge in [-0.1, -0.05) is 65.3 Å². The molecular weight excluding hydrogens is 634 g/mol. The van der Waals surface area contributed by atoms with Gasteiger partial charge in [-0.05, 0) is 55.0 Å². The quantitative estimate of drug-likeness (QED) is 0.120. The Morgan fingerprint density at radius 2 is 1.77 bits per heavy atom. The van der Waals surface area contributed by atoms with Crippen LogP contribution in [0.25, 0.3) is 28.2 Å². The van der Waals surface area contributed by atoms with E-state index in [0.29, 0.717) is 37.9 Å². The summed E-state index contributed by atoms with van der Waals surface area (Å²) in [6.07, 6.45) is 0. The predicted octanol–water partition coefficient (Wildman–Crippen LogP) is 8.02. The molecule has 0 unspecified atom stereocenters. The number of ether oxygens (including phenoxy) is 2. The van der Waals surface area contributed by atoms with Crippen LogP contribution in [0.1, 0.15) is 17.3 Å². The first-order valence-electron chi connectivity index (χ1n) is 12.8. The Balaban J connectivity index is 1.44. The fourth-order valence-corrected chi connectivity index (χ4v) is 6.51. The second kappa shape index (κ2) is 13.6. The van der Waals surface area contributed by atoms with E-state index in [1.54, 1.807) is 36.8 Å². The predicted molar refractivity (Wildman–Crippen MR) is 168 cm³/mol. The Kier molecular flexibility index (Phi) is 9.66. The first kappa shape index (κ1) is 30.6. The highest BCUT2D eigenvalue weighted by Gasteiger charge is 2.27. The normalized spacial score (nSPS) is 10.9. The molecule has 0 radical (unpaired) electrons. The van der Waals surface area contributed by atoms with Crippen LogP contribution in [-0.4, -0.2) is 46.1 Å². The van der Waals surface area contributed by atoms with E-state index in [9.17, 15) is 14.0 Å². The second-order valence-corrected chi connectivity index (χ2v) is 11.8. The van der Waals surface area contributed by atoms with Gasteiger partial charge in [0, 0.05) is 11.1 Å². The van der Waals surface area contributed by atoms with Crippen LogP contribution < -0.4 is 10.1 Å². The summed E-state index contributed by atoms with van der Waals surface area (Å²) in [6, 6.07) is 20.6. The van der Waals surface area contributed by atoms with Crippen molar-refractivity contribution in [3.63, 3.8) is 0 Å². The molecule has 0 bridgehead atoms. The highest BCUT2D eigenvalue weighted by molar-refractivity contribution is 7.99. The zero-order chi connectivity index (χ0) is 30.5. The number of halogens is 3. The lowest BCUT2D eigenvalue weighted by Crippen LogP contribution is -2.16. The molecule has 0 saturated heterocycles. The van der Waals surface area contributed by atoms with Crippen molar-refractivity contribution in [1.29, 1.82) is 0 Å². The molecule has 5 aromatic rings. The largest absolute Gasteiger partial charge is 0.497 e. The monoisotopic (exact) mass is 656 g/mol. The van der Waals surface area contributed by atoms with Crippen LogP contribution in [-0.2, 0) is 9.53 Å². The number of nitrogens with one attached hydrogen (secondary N) is 1. The number of carbonyl (C=O) groups is 2. The number of esters is 1. The third-order valence-electron chi connectivity index (χ3n) is 6.14. The van der Waals surface area contributed by atoms with Crippen LogP contribution >= 0.6 is 46.3 Å². The number of benzene rings is 3. The molecule has 8 nitrogen and oxygen atoms in total. The van der Waals surface area contributed by atoms with Crippen LogP contribution in [0.3, 0.4) is 0 Å². The highest BCUT2D eigenvalue weighted by atomic mass is 35.5. The van der Waals surface area contributed by atoms with Gasteiger partial charge >= 0.3 is 5.97 Å². The minimum Gasteiger partial charge on any atom is -0.497 e. The number of thiophene rings is 1. The molecule has 0 aliphatic heterocycles. The maximum atomic E-state index is 14.0. The van der Waals surface area contributed by atoms with E-state index in [1.165, 1.54) is 12.1 Å². The summed E-state index contributed by atoms with van der Waals surface area (Å²) >= 11 is 14.8. The smallest absolute Gasteiger partial charge is 0.341 e. The van der Waals surface area contributed by atoms with Gasteiger partial charge < -0.3 is 14.8 Å². The van der Waals surface area contributed by atoms with E-state index in [2.05, 4.69) is 15.5 Å². The fraction of sp³-hybridized carbons (Fsp3) is 0.133. The van der Waals surface area contributed by atoms with Crippen molar-refractivity contribution < 1.29 is 23.5 Å². The van der Waals surface area contributed by atoms with Crippen molar-refractivity contribution in [2.75, 3.05) is 24.8 Å². The summed E-state index contributed by atoms with van der Waals surface area (Å²) in [5.74, 6) is -0.545. The van der Waals surface area contributed by atoms with Crippen molar-refractivity contribution in [1.82, 2.24) is 14.8 Å². The summed E-state index contributed by atoms with van der Waals surface area (Å²) in [4.78, 5) is 26.2. The maximum absolute atomic E-state index is 14.0. The summed E-state index contributed by atoms with van der Waals surface area (Å²) in [7, 11) is 1.57. The number of carbonyl (C=O) groups excluding carboxylic acids is 2. The number of hydrogen-bond acceptors (Lipinski definition) is 8. The highest BCUT2D eigenvalue weighted by Crippen LogP contribution is 2.44. The Morgan fingerprint density at radius 1 is 1.02 bits per heavy atom. The van der Waals surface area contributed by atoms with E-state index >= 15 is 0 Å². The van der Waals surface area contributed by atoms with Gasteiger partial charge in [0.15, 0.2) is 11.0 Å². The molecule has 0 atom stereocenters. The van der Waals surface area contributed by atoms with E-state index in [1.807, 2.05) is 42.5 Å². The van der Waals surface area contributed by atoms with Crippen LogP contribution in [0, 0.1) is 5.82 Å². The topological polar surface area (TPSA) is 95.3 Å². The molecule has 0 fully saturated rings. The average Bonchev–Trinajstić information content (AvgIpc) is 3.58. The van der Waals surface area contributed by atoms with Crippen molar-refractivity contribution in [3.8, 4) is 34.0 Å². The second-order valence-electron chi connectivity index (χ2n) is 8.85. The van der Waals surface area contributed by atoms with E-state index in [0.717, 1.165) is 28.7 Å². The minimum atomic E-state index is -0.593. The molecule has 0 aliphatic carbocycles. The molecular formula is C30H23Cl2FN4O4S2. The van der Waals surface area contributed by atoms with Gasteiger partial charge in [-0.2, -0.15) is 0 Å². The van der Waals surface area contributed by atoms with Crippen molar-refractivity contribution in [3.05, 3.63) is 93.5 Å². The number of methoxy groups -OCH3 is 1. The molecule has 2 aromatic heterocycles. The number of rotatable bonds is 10. The number of aromatic nitrogens is 3. The van der Waals surface area contributed by atoms with E-state index in [-0.39, 0.29) is 27.9 Å². The van der Waals surface area contributed by atoms with Crippen LogP contribution in [0.2, 0.25) is 9.36 Å². The summed E-state index contributed by atoms with van der Waals surface area (Å²) < 4.78 is 26.6. The Hall–Kier alpha value is -3.90. The van der Waals surface area contributed by atoms with Gasteiger partial charge in [-0.15, -0.1) is 21.5 Å². The first-order valence-corrected chi connectivity index (χ1v) is 15.4. The molecule has 5 rings (SSSR count). The van der Waals surface area contributed by atoms with Crippen LogP contribution in [0.4, 0.5) is 9.39 Å². The molecule has 13 heteroatoms. The van der Waals surface area contributed by atoms with Gasteiger partial charge in [-0.3, -0.25) is 9.36 Å². The molecule has 220 valence electrons. The third kappa shape index (κ3) is 6.70. The van der Waals surface area contributed by atoms with Crippen LogP contribution in [0.5, 0.6) is 5.75 Å². The molecule has 3 aromatic carbocycles. The van der Waals surface area contributed by atoms with Crippen LogP contribution in [0.15, 0.2) is 78.0 Å². The van der Waals surface area contributed by atoms with Gasteiger partial charge in [-0.25, -0.2) is 9.18 Å². The molecule has 0 spiro atoms. The summed E-state index contributed by atoms with van der Waals surface area (Å²) in [6.45, 7) is 1.86. The molecule has 1 amide bonds. The van der Waals surface area contributed by atoms with Crippen molar-refractivity contribution in [2.45, 2.75) is 12.1 Å². The lowest BCUT2D eigenvalue weighted by Gasteiger charge is -2.12. The van der Waals surface area contributed by atoms with Gasteiger partial charge in [0.25, 0.3) is 0 Å². The molecule has 0 saturated carbocycles. The molecule has 1 N–H and O–H groups in total. The average molecular weight is 658 g/mol. The lowest BCUT2D eigenvalue weighted by atomic mass is 10.0. The zero-order valence-corrected chi connectivity index (χ0v) is 25.9. The molecule has 43 heavy (non-hydrogen) atoms. The Labute approximate surface area is 264 Å². The Morgan fingerprint density at radius 3 is 2.44 bits per heavy atom. The number of anilines is 1. The van der Waals surface area contributed by atoms with Gasteiger partial charge in [0.2, 0.25) is 5.91 Å². The SMILES string of the molecule is CCOC(=O)c1c(NC(=O)CSc2nnc(-c3ccc(OC)cc3)n2-c2ccc(F)c(Cl)c2)sc(Cl)c1-c1ccccc1. The number of thioether (sulfide) groups is 1. The first-order chi connectivity index (χ1) is 20.8. The summed E-state index contributed by atoms with van der Waals surface area (Å²) in [5.41, 5.74) is 2.62. The molecule has 2 heterocycles. The maximum Gasteiger partial charge on any atom is 0.341 e. The zero-order valence-electron chi connectivity index (χ0n) is 22.8. The van der Waals surface area contributed by atoms with Crippen molar-refractivity contribution in [2.24, 2.45) is 0 Å². The van der Waals surface area contributed by atoms with Gasteiger partial charge in [0.1, 0.15) is 26.5 Å².